The van der Waals surface area contributed by atoms with Crippen molar-refractivity contribution in [1.82, 2.24) is 0 Å². The molecule has 4 heteroatoms. The Bertz CT molecular complexity index is 242. The Labute approximate surface area is 109 Å². The predicted octanol–water partition coefficient (Wildman–Crippen LogP) is 2.53. The van der Waals surface area contributed by atoms with Crippen LogP contribution in [0.25, 0.3) is 0 Å². The molecule has 100 valence electrons. The minimum Gasteiger partial charge on any atom is -0.353 e. The van der Waals surface area contributed by atoms with E-state index in [2.05, 4.69) is 11.8 Å². The number of hydrogen-bond acceptors (Lipinski definition) is 4. The van der Waals surface area contributed by atoms with E-state index in [9.17, 15) is 0 Å². The van der Waals surface area contributed by atoms with Crippen LogP contribution in [0, 0.1) is 0 Å². The summed E-state index contributed by atoms with van der Waals surface area (Å²) in [7, 11) is 3.46. The first kappa shape index (κ1) is 13.7. The summed E-state index contributed by atoms with van der Waals surface area (Å²) in [6.45, 7) is 0.739. The molecule has 0 bridgehead atoms. The van der Waals surface area contributed by atoms with Crippen LogP contribution in [-0.2, 0) is 9.47 Å². The number of thioether (sulfide) groups is 1. The average Bonchev–Trinajstić information content (AvgIpc) is 2.35. The zero-order valence-electron chi connectivity index (χ0n) is 11.0. The van der Waals surface area contributed by atoms with Gasteiger partial charge in [-0.15, -0.1) is 0 Å². The summed E-state index contributed by atoms with van der Waals surface area (Å²) in [6.07, 6.45) is 8.77. The summed E-state index contributed by atoms with van der Waals surface area (Å²) in [6, 6.07) is 0. The van der Waals surface area contributed by atoms with Crippen LogP contribution < -0.4 is 5.73 Å². The van der Waals surface area contributed by atoms with Gasteiger partial charge < -0.3 is 15.2 Å². The first-order chi connectivity index (χ1) is 8.17. The summed E-state index contributed by atoms with van der Waals surface area (Å²) in [5.74, 6) is -0.360. The van der Waals surface area contributed by atoms with Crippen LogP contribution in [0.3, 0.4) is 0 Å². The van der Waals surface area contributed by atoms with Gasteiger partial charge in [-0.2, -0.15) is 11.8 Å². The molecule has 3 nitrogen and oxygen atoms in total. The largest absolute Gasteiger partial charge is 0.353 e. The van der Waals surface area contributed by atoms with Crippen LogP contribution in [0.1, 0.15) is 44.9 Å². The van der Waals surface area contributed by atoms with Crippen LogP contribution in [0.15, 0.2) is 0 Å². The first-order valence-corrected chi connectivity index (χ1v) is 7.54. The standard InChI is InChI=1S/C13H25NO2S/c1-15-13(16-2)8-12(9-13,10-14)17-11-6-4-3-5-7-11/h11H,3-10,14H2,1-2H3. The van der Waals surface area contributed by atoms with Crippen LogP contribution in [-0.4, -0.2) is 36.5 Å². The van der Waals surface area contributed by atoms with Crippen molar-refractivity contribution in [1.29, 1.82) is 0 Å². The van der Waals surface area contributed by atoms with Crippen molar-refractivity contribution >= 4 is 11.8 Å². The van der Waals surface area contributed by atoms with Gasteiger partial charge >= 0.3 is 0 Å². The highest BCUT2D eigenvalue weighted by molar-refractivity contribution is 8.01. The van der Waals surface area contributed by atoms with Crippen molar-refractivity contribution in [3.05, 3.63) is 0 Å². The molecule has 0 spiro atoms. The molecule has 2 N–H and O–H groups in total. The molecule has 17 heavy (non-hydrogen) atoms. The van der Waals surface area contributed by atoms with E-state index in [1.807, 2.05) is 0 Å². The fraction of sp³-hybridized carbons (Fsp3) is 1.00. The van der Waals surface area contributed by atoms with E-state index in [1.54, 1.807) is 14.2 Å². The SMILES string of the molecule is COC1(OC)CC(CN)(SC2CCCCC2)C1. The summed E-state index contributed by atoms with van der Waals surface area (Å²) in [4.78, 5) is 0. The molecule has 2 saturated carbocycles. The summed E-state index contributed by atoms with van der Waals surface area (Å²) in [5, 5.41) is 0.805. The average molecular weight is 259 g/mol. The van der Waals surface area contributed by atoms with Crippen LogP contribution in [0.2, 0.25) is 0 Å². The molecule has 0 heterocycles. The van der Waals surface area contributed by atoms with Gasteiger partial charge in [-0.1, -0.05) is 19.3 Å². The highest BCUT2D eigenvalue weighted by Crippen LogP contribution is 2.54. The maximum atomic E-state index is 5.98. The van der Waals surface area contributed by atoms with Crippen molar-refractivity contribution in [3.8, 4) is 0 Å². The topological polar surface area (TPSA) is 44.5 Å². The lowest BCUT2D eigenvalue weighted by Gasteiger charge is -2.54. The molecule has 0 radical (unpaired) electrons. The first-order valence-electron chi connectivity index (χ1n) is 6.66. The number of nitrogens with two attached hydrogens (primary N) is 1. The molecule has 2 fully saturated rings. The van der Waals surface area contributed by atoms with Gasteiger partial charge in [0.15, 0.2) is 5.79 Å². The maximum Gasteiger partial charge on any atom is 0.170 e. The second kappa shape index (κ2) is 5.47. The van der Waals surface area contributed by atoms with E-state index in [4.69, 9.17) is 15.2 Å². The third kappa shape index (κ3) is 2.80. The highest BCUT2D eigenvalue weighted by atomic mass is 32.2. The quantitative estimate of drug-likeness (QED) is 0.771. The van der Waals surface area contributed by atoms with Gasteiger partial charge in [0.1, 0.15) is 0 Å². The zero-order valence-corrected chi connectivity index (χ0v) is 11.9. The van der Waals surface area contributed by atoms with Gasteiger partial charge in [0.2, 0.25) is 0 Å². The Morgan fingerprint density at radius 2 is 1.71 bits per heavy atom. The molecule has 0 aliphatic heterocycles. The fourth-order valence-corrected chi connectivity index (χ4v) is 5.09. The van der Waals surface area contributed by atoms with Gasteiger partial charge in [-0.25, -0.2) is 0 Å². The molecule has 0 unspecified atom stereocenters. The smallest absolute Gasteiger partial charge is 0.170 e. The third-order valence-electron chi connectivity index (χ3n) is 4.27. The molecule has 0 amide bonds. The lowest BCUT2D eigenvalue weighted by Crippen LogP contribution is -2.60. The van der Waals surface area contributed by atoms with E-state index in [0.29, 0.717) is 0 Å². The predicted molar refractivity (Wildman–Crippen MR) is 72.2 cm³/mol. The van der Waals surface area contributed by atoms with Crippen LogP contribution in [0.4, 0.5) is 0 Å². The van der Waals surface area contributed by atoms with Crippen LogP contribution >= 0.6 is 11.8 Å². The van der Waals surface area contributed by atoms with Crippen molar-refractivity contribution < 1.29 is 9.47 Å². The van der Waals surface area contributed by atoms with Crippen molar-refractivity contribution in [3.63, 3.8) is 0 Å². The minimum absolute atomic E-state index is 0.202. The van der Waals surface area contributed by atoms with Gasteiger partial charge in [0.05, 0.1) is 0 Å². The second-order valence-electron chi connectivity index (χ2n) is 5.44. The molecule has 0 aromatic carbocycles. The summed E-state index contributed by atoms with van der Waals surface area (Å²) in [5.41, 5.74) is 5.98. The Morgan fingerprint density at radius 3 is 2.18 bits per heavy atom. The lowest BCUT2D eigenvalue weighted by atomic mass is 9.77. The van der Waals surface area contributed by atoms with E-state index >= 15 is 0 Å². The van der Waals surface area contributed by atoms with Crippen LogP contribution in [0.5, 0.6) is 0 Å². The monoisotopic (exact) mass is 259 g/mol. The fourth-order valence-electron chi connectivity index (χ4n) is 3.11. The number of hydrogen-bond donors (Lipinski definition) is 1. The highest BCUT2D eigenvalue weighted by Gasteiger charge is 2.56. The van der Waals surface area contributed by atoms with E-state index in [-0.39, 0.29) is 10.5 Å². The van der Waals surface area contributed by atoms with Gasteiger partial charge in [-0.3, -0.25) is 0 Å². The van der Waals surface area contributed by atoms with Crippen molar-refractivity contribution in [2.45, 2.75) is 60.7 Å². The Morgan fingerprint density at radius 1 is 1.12 bits per heavy atom. The van der Waals surface area contributed by atoms with Crippen molar-refractivity contribution in [2.24, 2.45) is 5.73 Å². The number of rotatable bonds is 5. The second-order valence-corrected chi connectivity index (χ2v) is 7.21. The van der Waals surface area contributed by atoms with E-state index in [1.165, 1.54) is 32.1 Å². The van der Waals surface area contributed by atoms with E-state index < -0.39 is 0 Å². The molecule has 0 aromatic heterocycles. The van der Waals surface area contributed by atoms with Gasteiger partial charge in [0, 0.05) is 43.6 Å². The minimum atomic E-state index is -0.360. The summed E-state index contributed by atoms with van der Waals surface area (Å²) < 4.78 is 11.2. The molecule has 0 atom stereocenters. The van der Waals surface area contributed by atoms with Gasteiger partial charge in [-0.05, 0) is 12.8 Å². The normalized spacial score (nSPS) is 27.7. The zero-order chi connectivity index (χ0) is 12.4. The molecule has 0 saturated heterocycles. The molecular weight excluding hydrogens is 234 g/mol. The molecular formula is C13H25NO2S. The Kier molecular flexibility index (Phi) is 4.40. The van der Waals surface area contributed by atoms with Gasteiger partial charge in [0.25, 0.3) is 0 Å². The number of ether oxygens (including phenoxy) is 2. The van der Waals surface area contributed by atoms with E-state index in [0.717, 1.165) is 24.6 Å². The Balaban J connectivity index is 1.89. The molecule has 0 aromatic rings. The summed E-state index contributed by atoms with van der Waals surface area (Å²) >= 11 is 2.10. The number of methoxy groups -OCH3 is 2. The lowest BCUT2D eigenvalue weighted by molar-refractivity contribution is -0.260. The third-order valence-corrected chi connectivity index (χ3v) is 6.03. The van der Waals surface area contributed by atoms with Crippen molar-refractivity contribution in [2.75, 3.05) is 20.8 Å². The Hall–Kier alpha value is 0.230. The maximum absolute atomic E-state index is 5.98. The molecule has 2 rings (SSSR count). The molecule has 2 aliphatic rings. The molecule has 2 aliphatic carbocycles.